The van der Waals surface area contributed by atoms with Crippen molar-refractivity contribution in [2.75, 3.05) is 18.8 Å². The van der Waals surface area contributed by atoms with Gasteiger partial charge < -0.3 is 0 Å². The van der Waals surface area contributed by atoms with Gasteiger partial charge in [0.2, 0.25) is 10.0 Å². The second kappa shape index (κ2) is 6.68. The Morgan fingerprint density at radius 1 is 1.14 bits per heavy atom. The van der Waals surface area contributed by atoms with Crippen LogP contribution >= 0.6 is 0 Å². The molecule has 0 radical (unpaired) electrons. The molecule has 1 heterocycles. The van der Waals surface area contributed by atoms with Crippen LogP contribution < -0.4 is 0 Å². The fourth-order valence-electron chi connectivity index (χ4n) is 2.76. The summed E-state index contributed by atoms with van der Waals surface area (Å²) in [6.07, 6.45) is 1.11. The Labute approximate surface area is 133 Å². The van der Waals surface area contributed by atoms with Gasteiger partial charge in [-0.2, -0.15) is 4.31 Å². The van der Waals surface area contributed by atoms with Gasteiger partial charge in [-0.05, 0) is 30.9 Å². The Balaban J connectivity index is 2.21. The quantitative estimate of drug-likeness (QED) is 0.817. The lowest BCUT2D eigenvalue weighted by molar-refractivity contribution is 0.345. The summed E-state index contributed by atoms with van der Waals surface area (Å²) in [5, 5.41) is -0.595. The van der Waals surface area contributed by atoms with Gasteiger partial charge in [-0.15, -0.1) is 0 Å². The Kier molecular flexibility index (Phi) is 5.29. The van der Waals surface area contributed by atoms with Crippen molar-refractivity contribution in [1.29, 1.82) is 0 Å². The zero-order chi connectivity index (χ0) is 16.4. The summed E-state index contributed by atoms with van der Waals surface area (Å²) in [7, 11) is -6.88. The molecule has 0 aromatic heterocycles. The van der Waals surface area contributed by atoms with E-state index in [2.05, 4.69) is 0 Å². The fraction of sp³-hybridized carbons (Fsp3) is 0.600. The molecule has 1 saturated heterocycles. The van der Waals surface area contributed by atoms with Crippen molar-refractivity contribution in [1.82, 2.24) is 4.31 Å². The van der Waals surface area contributed by atoms with Crippen LogP contribution in [0.15, 0.2) is 35.2 Å². The predicted octanol–water partition coefficient (Wildman–Crippen LogP) is 1.91. The van der Waals surface area contributed by atoms with E-state index in [0.717, 1.165) is 0 Å². The first kappa shape index (κ1) is 17.4. The maximum Gasteiger partial charge on any atom is 0.243 e. The highest BCUT2D eigenvalue weighted by atomic mass is 32.2. The number of rotatable bonds is 5. The van der Waals surface area contributed by atoms with Gasteiger partial charge in [0.1, 0.15) is 0 Å². The normalized spacial score (nSPS) is 21.1. The number of hydrogen-bond acceptors (Lipinski definition) is 4. The lowest BCUT2D eigenvalue weighted by Crippen LogP contribution is -2.46. The third-order valence-corrected chi connectivity index (χ3v) is 8.21. The second-order valence-electron chi connectivity index (χ2n) is 6.16. The maximum atomic E-state index is 12.6. The lowest BCUT2D eigenvalue weighted by Gasteiger charge is -2.32. The molecule has 1 aliphatic rings. The van der Waals surface area contributed by atoms with Crippen LogP contribution in [0.5, 0.6) is 0 Å². The molecule has 1 fully saturated rings. The van der Waals surface area contributed by atoms with E-state index in [-0.39, 0.29) is 23.1 Å². The smallest absolute Gasteiger partial charge is 0.228 e. The monoisotopic (exact) mass is 345 g/mol. The lowest BCUT2D eigenvalue weighted by atomic mass is 10.2. The third kappa shape index (κ3) is 3.88. The third-order valence-electron chi connectivity index (χ3n) is 3.80. The molecule has 2 rings (SSSR count). The minimum absolute atomic E-state index is 0.0473. The second-order valence-corrected chi connectivity index (χ2v) is 10.4. The Hall–Kier alpha value is -0.920. The van der Waals surface area contributed by atoms with E-state index in [1.54, 1.807) is 30.3 Å². The standard InChI is InChI=1S/C15H23NO4S2/c1-13(2)12-21(17,18)15-9-6-10-16(11-15)22(19,20)14-7-4-3-5-8-14/h3-5,7-8,13,15H,6,9-12H2,1-2H3. The fourth-order valence-corrected chi connectivity index (χ4v) is 6.53. The molecule has 7 heteroatoms. The highest BCUT2D eigenvalue weighted by Gasteiger charge is 2.36. The van der Waals surface area contributed by atoms with Crippen molar-refractivity contribution >= 4 is 19.9 Å². The van der Waals surface area contributed by atoms with Crippen molar-refractivity contribution in [2.24, 2.45) is 5.92 Å². The van der Waals surface area contributed by atoms with Crippen LogP contribution in [0.1, 0.15) is 26.7 Å². The van der Waals surface area contributed by atoms with Gasteiger partial charge in [0.25, 0.3) is 0 Å². The Morgan fingerprint density at radius 2 is 1.77 bits per heavy atom. The van der Waals surface area contributed by atoms with E-state index in [9.17, 15) is 16.8 Å². The maximum absolute atomic E-state index is 12.6. The SMILES string of the molecule is CC(C)CS(=O)(=O)C1CCCN(S(=O)(=O)c2ccccc2)C1. The summed E-state index contributed by atoms with van der Waals surface area (Å²) >= 11 is 0. The van der Waals surface area contributed by atoms with Gasteiger partial charge in [-0.3, -0.25) is 0 Å². The van der Waals surface area contributed by atoms with Crippen LogP contribution in [-0.2, 0) is 19.9 Å². The molecule has 0 bridgehead atoms. The van der Waals surface area contributed by atoms with Crippen molar-refractivity contribution < 1.29 is 16.8 Å². The highest BCUT2D eigenvalue weighted by molar-refractivity contribution is 7.92. The summed E-state index contributed by atoms with van der Waals surface area (Å²) in [5.74, 6) is 0.155. The van der Waals surface area contributed by atoms with Crippen molar-refractivity contribution in [3.63, 3.8) is 0 Å². The van der Waals surface area contributed by atoms with Gasteiger partial charge in [0.05, 0.1) is 15.9 Å². The first-order valence-electron chi connectivity index (χ1n) is 7.50. The largest absolute Gasteiger partial charge is 0.243 e. The summed E-state index contributed by atoms with van der Waals surface area (Å²) in [6.45, 7) is 4.16. The average Bonchev–Trinajstić information content (AvgIpc) is 2.47. The molecule has 1 aromatic carbocycles. The molecule has 1 unspecified atom stereocenters. The van der Waals surface area contributed by atoms with E-state index >= 15 is 0 Å². The zero-order valence-corrected chi connectivity index (χ0v) is 14.6. The highest BCUT2D eigenvalue weighted by Crippen LogP contribution is 2.24. The first-order chi connectivity index (χ1) is 10.2. The van der Waals surface area contributed by atoms with E-state index in [0.29, 0.717) is 19.4 Å². The average molecular weight is 345 g/mol. The zero-order valence-electron chi connectivity index (χ0n) is 13.0. The summed E-state index contributed by atoms with van der Waals surface area (Å²) in [6, 6.07) is 8.18. The molecule has 1 aliphatic heterocycles. The number of hydrogen-bond donors (Lipinski definition) is 0. The van der Waals surface area contributed by atoms with E-state index < -0.39 is 25.1 Å². The van der Waals surface area contributed by atoms with Crippen molar-refractivity contribution in [2.45, 2.75) is 36.8 Å². The molecule has 0 aliphatic carbocycles. The number of nitrogens with zero attached hydrogens (tertiary/aromatic N) is 1. The van der Waals surface area contributed by atoms with Gasteiger partial charge in [-0.25, -0.2) is 16.8 Å². The Bertz CT molecular complexity index is 696. The van der Waals surface area contributed by atoms with Crippen molar-refractivity contribution in [3.05, 3.63) is 30.3 Å². The van der Waals surface area contributed by atoms with Gasteiger partial charge in [0.15, 0.2) is 9.84 Å². The van der Waals surface area contributed by atoms with E-state index in [1.165, 1.54) is 4.31 Å². The van der Waals surface area contributed by atoms with Gasteiger partial charge in [0, 0.05) is 13.1 Å². The van der Waals surface area contributed by atoms with E-state index in [4.69, 9.17) is 0 Å². The minimum Gasteiger partial charge on any atom is -0.228 e. The molecule has 0 amide bonds. The van der Waals surface area contributed by atoms with Gasteiger partial charge >= 0.3 is 0 Å². The van der Waals surface area contributed by atoms with Gasteiger partial charge in [-0.1, -0.05) is 32.0 Å². The molecule has 22 heavy (non-hydrogen) atoms. The molecule has 0 N–H and O–H groups in total. The molecule has 1 atom stereocenters. The molecule has 0 spiro atoms. The number of sulfone groups is 1. The van der Waals surface area contributed by atoms with Crippen LogP contribution in [0.3, 0.4) is 0 Å². The van der Waals surface area contributed by atoms with E-state index in [1.807, 2.05) is 13.8 Å². The van der Waals surface area contributed by atoms with Crippen LogP contribution in [-0.4, -0.2) is 45.2 Å². The summed E-state index contributed by atoms with van der Waals surface area (Å²) < 4.78 is 51.3. The molecule has 5 nitrogen and oxygen atoms in total. The summed E-state index contributed by atoms with van der Waals surface area (Å²) in [5.41, 5.74) is 0. The molecule has 0 saturated carbocycles. The first-order valence-corrected chi connectivity index (χ1v) is 10.7. The van der Waals surface area contributed by atoms with Crippen LogP contribution in [0, 0.1) is 5.92 Å². The van der Waals surface area contributed by atoms with Crippen LogP contribution in [0.25, 0.3) is 0 Å². The molecular weight excluding hydrogens is 322 g/mol. The molecule has 124 valence electrons. The van der Waals surface area contributed by atoms with Crippen molar-refractivity contribution in [3.8, 4) is 0 Å². The topological polar surface area (TPSA) is 71.5 Å². The number of sulfonamides is 1. The minimum atomic E-state index is -3.61. The summed E-state index contributed by atoms with van der Waals surface area (Å²) in [4.78, 5) is 0.219. The molecule has 1 aromatic rings. The van der Waals surface area contributed by atoms with Crippen LogP contribution in [0.4, 0.5) is 0 Å². The number of benzene rings is 1. The Morgan fingerprint density at radius 3 is 2.36 bits per heavy atom. The number of piperidine rings is 1. The van der Waals surface area contributed by atoms with Crippen LogP contribution in [0.2, 0.25) is 0 Å². The molecular formula is C15H23NO4S2. The predicted molar refractivity (Wildman–Crippen MR) is 86.8 cm³/mol.